The Morgan fingerprint density at radius 2 is 1.02 bits per heavy atom. The highest BCUT2D eigenvalue weighted by atomic mass is 127. The summed E-state index contributed by atoms with van der Waals surface area (Å²) in [5.41, 5.74) is 6.45. The van der Waals surface area contributed by atoms with E-state index in [2.05, 4.69) is 141 Å². The molecule has 6 rings (SSSR count). The number of likely N-dealkylation sites (N-methyl/N-ethyl adjacent to an activating group) is 2. The van der Waals surface area contributed by atoms with Crippen molar-refractivity contribution in [2.45, 2.75) is 66.2 Å². The van der Waals surface area contributed by atoms with Crippen LogP contribution in [0.4, 0.5) is 0 Å². The minimum atomic E-state index is -0.0708. The number of furan rings is 2. The topological polar surface area (TPSA) is 85.9 Å². The lowest BCUT2D eigenvalue weighted by atomic mass is 9.87. The number of nitrogens with one attached hydrogen (secondary N) is 2. The number of ether oxygens (including phenoxy) is 2. The molecule has 0 radical (unpaired) electrons. The molecule has 57 heavy (non-hydrogen) atoms. The summed E-state index contributed by atoms with van der Waals surface area (Å²) in [5, 5.41) is 8.71. The fourth-order valence-corrected chi connectivity index (χ4v) is 11.5. The molecule has 6 aromatic rings. The maximum Gasteiger partial charge on any atom is 0.194 e. The van der Waals surface area contributed by atoms with Crippen molar-refractivity contribution in [2.75, 3.05) is 39.4 Å². The van der Waals surface area contributed by atoms with Crippen molar-refractivity contribution in [3.63, 3.8) is 0 Å². The molecule has 0 spiro atoms. The van der Waals surface area contributed by atoms with E-state index < -0.39 is 0 Å². The Hall–Kier alpha value is -1.64. The zero-order valence-corrected chi connectivity index (χ0v) is 42.2. The summed E-state index contributed by atoms with van der Waals surface area (Å²) in [4.78, 5) is 15.9. The van der Waals surface area contributed by atoms with Gasteiger partial charge in [-0.25, -0.2) is 0 Å². The predicted octanol–water partition coefficient (Wildman–Crippen LogP) is 13.2. The second-order valence-corrected chi connectivity index (χ2v) is 18.1. The lowest BCUT2D eigenvalue weighted by Crippen LogP contribution is -2.21. The highest BCUT2D eigenvalue weighted by Crippen LogP contribution is 2.48. The largest absolute Gasteiger partial charge is 0.490 e. The molecule has 0 atom stereocenters. The van der Waals surface area contributed by atoms with Crippen molar-refractivity contribution in [2.24, 2.45) is 0 Å². The highest BCUT2D eigenvalue weighted by Gasteiger charge is 2.32. The second-order valence-electron chi connectivity index (χ2n) is 13.6. The fraction of sp³-hybridized carbons (Fsp3) is 0.356. The van der Waals surface area contributed by atoms with Gasteiger partial charge in [0.15, 0.2) is 5.78 Å². The molecule has 4 aromatic carbocycles. The SMILES string of the molecule is CCCCc1oc2ccccc2c1-c1c(C(=O)c2cc(I)c(OCCNCC)c(I)c2-c2c(CCCC)oc3ccccc23)cc(I)c(OCCNCC)c1I.Cl. The average Bonchev–Trinajstić information content (AvgIpc) is 3.75. The van der Waals surface area contributed by atoms with Crippen LogP contribution in [-0.2, 0) is 12.8 Å². The average molecular weight is 1240 g/mol. The van der Waals surface area contributed by atoms with Gasteiger partial charge < -0.3 is 28.9 Å². The third kappa shape index (κ3) is 10.3. The lowest BCUT2D eigenvalue weighted by Gasteiger charge is -2.21. The van der Waals surface area contributed by atoms with Crippen molar-refractivity contribution in [1.29, 1.82) is 0 Å². The summed E-state index contributed by atoms with van der Waals surface area (Å²) in [6, 6.07) is 20.4. The van der Waals surface area contributed by atoms with Crippen molar-refractivity contribution in [3.05, 3.63) is 97.6 Å². The van der Waals surface area contributed by atoms with Crippen LogP contribution >= 0.6 is 103 Å². The second kappa shape index (κ2) is 22.3. The Labute approximate surface area is 396 Å². The van der Waals surface area contributed by atoms with E-state index in [-0.39, 0.29) is 18.2 Å². The molecule has 0 fully saturated rings. The molecule has 0 aliphatic heterocycles. The van der Waals surface area contributed by atoms with Crippen LogP contribution in [0, 0.1) is 14.3 Å². The number of rotatable bonds is 20. The summed E-state index contributed by atoms with van der Waals surface area (Å²) < 4.78 is 29.8. The monoisotopic (exact) mass is 1240 g/mol. The Morgan fingerprint density at radius 3 is 1.40 bits per heavy atom. The Balaban J connectivity index is 0.00000620. The van der Waals surface area contributed by atoms with Gasteiger partial charge in [0.1, 0.15) is 47.4 Å². The van der Waals surface area contributed by atoms with Gasteiger partial charge in [0.05, 0.1) is 14.3 Å². The number of ketones is 1. The minimum absolute atomic E-state index is 0. The van der Waals surface area contributed by atoms with Gasteiger partial charge in [-0.3, -0.25) is 4.79 Å². The first-order chi connectivity index (χ1) is 27.2. The number of halogens is 5. The van der Waals surface area contributed by atoms with Crippen LogP contribution in [0.2, 0.25) is 0 Å². The highest BCUT2D eigenvalue weighted by molar-refractivity contribution is 14.1. The fourth-order valence-electron chi connectivity index (χ4n) is 7.03. The molecule has 12 heteroatoms. The lowest BCUT2D eigenvalue weighted by molar-refractivity contribution is 0.103. The standard InChI is InChI=1S/C45H48I4N2O5.ClH/c1-5-9-17-35-37(27-15-11-13-19-33(27)55-35)39-29(25-31(46)44(41(39)48)53-23-21-50-7-3)43(52)30-26-32(47)45(54-24-22-51-8-4)42(49)40(30)38-28-16-12-14-20-34(28)56-36(38)18-10-6-2;/h11-16,19-20,25-26,50-51H,5-10,17-18,21-24H2,1-4H3;1H. The van der Waals surface area contributed by atoms with Gasteiger partial charge in [-0.15, -0.1) is 12.4 Å². The summed E-state index contributed by atoms with van der Waals surface area (Å²) in [5.74, 6) is 3.25. The molecule has 0 aliphatic carbocycles. The minimum Gasteiger partial charge on any atom is -0.490 e. The first-order valence-corrected chi connectivity index (χ1v) is 23.8. The molecule has 0 aliphatic rings. The van der Waals surface area contributed by atoms with E-state index in [9.17, 15) is 0 Å². The molecule has 0 amide bonds. The van der Waals surface area contributed by atoms with Gasteiger partial charge >= 0.3 is 0 Å². The first-order valence-electron chi connectivity index (χ1n) is 19.5. The zero-order valence-electron chi connectivity index (χ0n) is 32.7. The van der Waals surface area contributed by atoms with Gasteiger partial charge in [0, 0.05) is 70.1 Å². The van der Waals surface area contributed by atoms with Crippen LogP contribution in [0.3, 0.4) is 0 Å². The van der Waals surface area contributed by atoms with Crippen LogP contribution in [0.15, 0.2) is 69.5 Å². The summed E-state index contributed by atoms with van der Waals surface area (Å²) >= 11 is 9.46. The summed E-state index contributed by atoms with van der Waals surface area (Å²) in [6.45, 7) is 12.7. The maximum absolute atomic E-state index is 15.9. The van der Waals surface area contributed by atoms with E-state index >= 15 is 4.79 Å². The third-order valence-corrected chi connectivity index (χ3v) is 13.4. The van der Waals surface area contributed by atoms with E-state index in [0.29, 0.717) is 24.3 Å². The van der Waals surface area contributed by atoms with E-state index in [1.54, 1.807) is 0 Å². The molecule has 304 valence electrons. The van der Waals surface area contributed by atoms with Gasteiger partial charge in [-0.2, -0.15) is 0 Å². The number of unbranched alkanes of at least 4 members (excludes halogenated alkanes) is 2. The van der Waals surface area contributed by atoms with Crippen LogP contribution in [0.25, 0.3) is 44.2 Å². The van der Waals surface area contributed by atoms with Crippen molar-refractivity contribution in [3.8, 4) is 33.8 Å². The number of carbonyl (C=O) groups excluding carboxylic acids is 1. The van der Waals surface area contributed by atoms with Crippen LogP contribution in [-0.4, -0.2) is 45.2 Å². The zero-order chi connectivity index (χ0) is 39.8. The van der Waals surface area contributed by atoms with E-state index in [1.807, 2.05) is 48.5 Å². The van der Waals surface area contributed by atoms with E-state index in [0.717, 1.165) is 146 Å². The van der Waals surface area contributed by atoms with Gasteiger partial charge in [0.25, 0.3) is 0 Å². The molecular weight excluding hydrogens is 1190 g/mol. The van der Waals surface area contributed by atoms with Crippen LogP contribution < -0.4 is 20.1 Å². The number of benzene rings is 4. The Kier molecular flexibility index (Phi) is 18.1. The van der Waals surface area contributed by atoms with Gasteiger partial charge in [-0.1, -0.05) is 76.9 Å². The van der Waals surface area contributed by atoms with Crippen LogP contribution in [0.1, 0.15) is 80.8 Å². The molecule has 0 saturated carbocycles. The smallest absolute Gasteiger partial charge is 0.194 e. The van der Waals surface area contributed by atoms with Crippen molar-refractivity contribution < 1.29 is 23.1 Å². The summed E-state index contributed by atoms with van der Waals surface area (Å²) in [7, 11) is 0. The quantitative estimate of drug-likeness (QED) is 0.0447. The predicted molar refractivity (Wildman–Crippen MR) is 270 cm³/mol. The van der Waals surface area contributed by atoms with Gasteiger partial charge in [0.2, 0.25) is 0 Å². The van der Waals surface area contributed by atoms with Crippen molar-refractivity contribution in [1.82, 2.24) is 10.6 Å². The molecule has 0 unspecified atom stereocenters. The van der Waals surface area contributed by atoms with Gasteiger partial charge in [-0.05, 0) is 141 Å². The molecule has 2 heterocycles. The number of fused-ring (bicyclic) bond motifs is 2. The van der Waals surface area contributed by atoms with E-state index in [1.165, 1.54) is 0 Å². The molecule has 0 saturated heterocycles. The van der Waals surface area contributed by atoms with Crippen molar-refractivity contribution >= 4 is 130 Å². The molecule has 0 bridgehead atoms. The molecule has 2 aromatic heterocycles. The molecule has 2 N–H and O–H groups in total. The number of para-hydroxylation sites is 2. The first kappa shape index (κ1) is 46.4. The number of carbonyl (C=O) groups is 1. The third-order valence-electron chi connectivity index (χ3n) is 9.74. The number of hydrogen-bond acceptors (Lipinski definition) is 7. The van der Waals surface area contributed by atoms with Crippen LogP contribution in [0.5, 0.6) is 11.5 Å². The Morgan fingerprint density at radius 1 is 0.614 bits per heavy atom. The maximum atomic E-state index is 15.9. The summed E-state index contributed by atoms with van der Waals surface area (Å²) in [6.07, 6.45) is 5.49. The Bertz CT molecular complexity index is 2160. The number of hydrogen-bond donors (Lipinski definition) is 2. The normalized spacial score (nSPS) is 11.4. The molecular formula is C45H49ClI4N2O5. The number of aryl methyl sites for hydroxylation is 2. The van der Waals surface area contributed by atoms with E-state index in [4.69, 9.17) is 18.3 Å². The molecule has 7 nitrogen and oxygen atoms in total.